The third-order valence-corrected chi connectivity index (χ3v) is 1.51. The largest absolute Gasteiger partial charge is 0.460 e. The monoisotopic (exact) mass is 214 g/mol. The highest BCUT2D eigenvalue weighted by Gasteiger charge is 2.05. The summed E-state index contributed by atoms with van der Waals surface area (Å²) in [5, 5.41) is 1.77. The molecule has 0 radical (unpaired) electrons. The van der Waals surface area contributed by atoms with Crippen molar-refractivity contribution in [3.8, 4) is 0 Å². The Bertz CT molecular complexity index is 286. The number of primary amides is 1. The van der Waals surface area contributed by atoms with Gasteiger partial charge in [-0.05, 0) is 13.3 Å². The van der Waals surface area contributed by atoms with E-state index in [9.17, 15) is 14.4 Å². The van der Waals surface area contributed by atoms with Gasteiger partial charge in [0, 0.05) is 12.2 Å². The molecule has 0 rings (SSSR count). The molecule has 0 fully saturated rings. The van der Waals surface area contributed by atoms with Crippen molar-refractivity contribution in [2.45, 2.75) is 26.4 Å². The summed E-state index contributed by atoms with van der Waals surface area (Å²) >= 11 is 0. The number of esters is 1. The number of carbonyl (C=O) groups excluding carboxylic acids is 3. The molecule has 0 aromatic carbocycles. The first kappa shape index (κ1) is 13.2. The quantitative estimate of drug-likeness (QED) is 0.511. The molecule has 6 nitrogen and oxygen atoms in total. The van der Waals surface area contributed by atoms with Crippen LogP contribution in [0.4, 0.5) is 4.79 Å². The Morgan fingerprint density at radius 1 is 1.40 bits per heavy atom. The first-order valence-corrected chi connectivity index (χ1v) is 4.44. The van der Waals surface area contributed by atoms with Gasteiger partial charge in [-0.2, -0.15) is 0 Å². The van der Waals surface area contributed by atoms with Gasteiger partial charge in [0.05, 0.1) is 6.10 Å². The maximum atomic E-state index is 11.0. The number of carbonyl (C=O) groups is 3. The van der Waals surface area contributed by atoms with Crippen LogP contribution in [0.1, 0.15) is 20.3 Å². The fraction of sp³-hybridized carbons (Fsp3) is 0.444. The average Bonchev–Trinajstić information content (AvgIpc) is 2.13. The van der Waals surface area contributed by atoms with Gasteiger partial charge >= 0.3 is 12.0 Å². The predicted molar refractivity (Wildman–Crippen MR) is 52.7 cm³/mol. The number of nitrogens with one attached hydrogen (secondary N) is 1. The lowest BCUT2D eigenvalue weighted by molar-refractivity contribution is -0.142. The number of ether oxygens (including phenoxy) is 1. The van der Waals surface area contributed by atoms with Crippen molar-refractivity contribution in [1.29, 1.82) is 0 Å². The summed E-state index contributed by atoms with van der Waals surface area (Å²) in [6.07, 6.45) is 2.30. The Balaban J connectivity index is 4.00. The third kappa shape index (κ3) is 7.24. The zero-order chi connectivity index (χ0) is 11.8. The third-order valence-electron chi connectivity index (χ3n) is 1.51. The van der Waals surface area contributed by atoms with Crippen LogP contribution in [0.2, 0.25) is 0 Å². The van der Waals surface area contributed by atoms with Gasteiger partial charge < -0.3 is 10.5 Å². The summed E-state index contributed by atoms with van der Waals surface area (Å²) in [6.45, 7) is 3.59. The minimum atomic E-state index is -0.972. The maximum absolute atomic E-state index is 11.0. The molecular formula is C9H14N2O4. The molecule has 6 heteroatoms. The first-order valence-electron chi connectivity index (χ1n) is 4.44. The summed E-state index contributed by atoms with van der Waals surface area (Å²) < 4.78 is 4.83. The zero-order valence-electron chi connectivity index (χ0n) is 8.65. The highest BCUT2D eigenvalue weighted by atomic mass is 16.5. The van der Waals surface area contributed by atoms with Crippen LogP contribution >= 0.6 is 0 Å². The predicted octanol–water partition coefficient (Wildman–Crippen LogP) is 0.0792. The Morgan fingerprint density at radius 2 is 2.00 bits per heavy atom. The molecule has 0 bridgehead atoms. The molecule has 84 valence electrons. The van der Waals surface area contributed by atoms with Crippen molar-refractivity contribution in [3.63, 3.8) is 0 Å². The van der Waals surface area contributed by atoms with Crippen molar-refractivity contribution in [2.24, 2.45) is 5.73 Å². The lowest BCUT2D eigenvalue weighted by atomic mass is 10.3. The summed E-state index contributed by atoms with van der Waals surface area (Å²) in [5.74, 6) is -1.40. The van der Waals surface area contributed by atoms with Gasteiger partial charge in [0.2, 0.25) is 0 Å². The zero-order valence-corrected chi connectivity index (χ0v) is 8.65. The molecular weight excluding hydrogens is 200 g/mol. The molecule has 1 atom stereocenters. The van der Waals surface area contributed by atoms with Gasteiger partial charge in [-0.3, -0.25) is 10.1 Å². The van der Waals surface area contributed by atoms with E-state index in [4.69, 9.17) is 4.74 Å². The number of amides is 3. The van der Waals surface area contributed by atoms with E-state index in [0.29, 0.717) is 6.42 Å². The Morgan fingerprint density at radius 3 is 2.47 bits per heavy atom. The molecule has 3 amide bonds. The van der Waals surface area contributed by atoms with Gasteiger partial charge in [-0.25, -0.2) is 9.59 Å². The van der Waals surface area contributed by atoms with Crippen LogP contribution in [-0.2, 0) is 14.3 Å². The second-order valence-corrected chi connectivity index (χ2v) is 2.84. The molecule has 1 unspecified atom stereocenters. The number of urea groups is 1. The van der Waals surface area contributed by atoms with E-state index >= 15 is 0 Å². The molecule has 3 N–H and O–H groups in total. The van der Waals surface area contributed by atoms with Crippen LogP contribution in [0.3, 0.4) is 0 Å². The van der Waals surface area contributed by atoms with Crippen molar-refractivity contribution in [1.82, 2.24) is 5.32 Å². The first-order chi connectivity index (χ1) is 6.95. The molecule has 0 heterocycles. The van der Waals surface area contributed by atoms with E-state index < -0.39 is 17.9 Å². The van der Waals surface area contributed by atoms with E-state index in [1.807, 2.05) is 6.92 Å². The van der Waals surface area contributed by atoms with Crippen molar-refractivity contribution in [2.75, 3.05) is 0 Å². The highest BCUT2D eigenvalue weighted by molar-refractivity contribution is 6.02. The smallest absolute Gasteiger partial charge is 0.331 e. The second kappa shape index (κ2) is 6.58. The molecule has 0 saturated carbocycles. The Labute approximate surface area is 87.5 Å². The summed E-state index contributed by atoms with van der Waals surface area (Å²) in [5.41, 5.74) is 4.68. The van der Waals surface area contributed by atoms with Gasteiger partial charge in [-0.1, -0.05) is 6.92 Å². The van der Waals surface area contributed by atoms with Crippen LogP contribution in [0, 0.1) is 0 Å². The van der Waals surface area contributed by atoms with Crippen molar-refractivity contribution < 1.29 is 19.1 Å². The SMILES string of the molecule is CCC(C)OC(=O)C=CC(=O)NC(N)=O. The molecule has 0 aliphatic carbocycles. The molecule has 0 saturated heterocycles. The molecule has 15 heavy (non-hydrogen) atoms. The van der Waals surface area contributed by atoms with Gasteiger partial charge in [0.15, 0.2) is 0 Å². The Kier molecular flexibility index (Phi) is 5.77. The van der Waals surface area contributed by atoms with E-state index in [1.165, 1.54) is 0 Å². The normalized spacial score (nSPS) is 12.1. The molecule has 0 aliphatic rings. The second-order valence-electron chi connectivity index (χ2n) is 2.84. The lowest BCUT2D eigenvalue weighted by Gasteiger charge is -2.07. The van der Waals surface area contributed by atoms with E-state index in [-0.39, 0.29) is 6.10 Å². The van der Waals surface area contributed by atoms with E-state index in [2.05, 4.69) is 5.73 Å². The number of imide groups is 1. The molecule has 0 spiro atoms. The van der Waals surface area contributed by atoms with Crippen LogP contribution in [0.25, 0.3) is 0 Å². The standard InChI is InChI=1S/C9H14N2O4/c1-3-6(2)15-8(13)5-4-7(12)11-9(10)14/h4-6H,3H2,1-2H3,(H3,10,11,12,14). The van der Waals surface area contributed by atoms with Crippen LogP contribution in [0.15, 0.2) is 12.2 Å². The average molecular weight is 214 g/mol. The van der Waals surface area contributed by atoms with Crippen molar-refractivity contribution >= 4 is 17.9 Å². The minimum Gasteiger partial charge on any atom is -0.460 e. The fourth-order valence-electron chi connectivity index (χ4n) is 0.628. The fourth-order valence-corrected chi connectivity index (χ4v) is 0.628. The number of nitrogens with two attached hydrogens (primary N) is 1. The van der Waals surface area contributed by atoms with E-state index in [1.54, 1.807) is 12.2 Å². The van der Waals surface area contributed by atoms with Gasteiger partial charge in [-0.15, -0.1) is 0 Å². The van der Waals surface area contributed by atoms with Gasteiger partial charge in [0.25, 0.3) is 5.91 Å². The summed E-state index contributed by atoms with van der Waals surface area (Å²) in [6, 6.07) is -0.972. The summed E-state index contributed by atoms with van der Waals surface area (Å²) in [4.78, 5) is 32.0. The maximum Gasteiger partial charge on any atom is 0.331 e. The molecule has 0 aliphatic heterocycles. The number of hydrogen-bond acceptors (Lipinski definition) is 4. The Hall–Kier alpha value is -1.85. The van der Waals surface area contributed by atoms with E-state index in [0.717, 1.165) is 12.2 Å². The van der Waals surface area contributed by atoms with Crippen LogP contribution in [-0.4, -0.2) is 24.0 Å². The summed E-state index contributed by atoms with van der Waals surface area (Å²) in [7, 11) is 0. The van der Waals surface area contributed by atoms with Gasteiger partial charge in [0.1, 0.15) is 0 Å². The molecule has 0 aromatic rings. The minimum absolute atomic E-state index is 0.207. The number of hydrogen-bond donors (Lipinski definition) is 2. The van der Waals surface area contributed by atoms with Crippen molar-refractivity contribution in [3.05, 3.63) is 12.2 Å². The highest BCUT2D eigenvalue weighted by Crippen LogP contribution is 1.96. The molecule has 0 aromatic heterocycles. The van der Waals surface area contributed by atoms with Crippen LogP contribution < -0.4 is 11.1 Å². The lowest BCUT2D eigenvalue weighted by Crippen LogP contribution is -2.33. The number of rotatable bonds is 4. The topological polar surface area (TPSA) is 98.5 Å². The van der Waals surface area contributed by atoms with Crippen LogP contribution in [0.5, 0.6) is 0 Å².